The average Bonchev–Trinajstić information content (AvgIpc) is 3.25. The first-order valence-electron chi connectivity index (χ1n) is 7.60. The van der Waals surface area contributed by atoms with E-state index in [0.29, 0.717) is 17.9 Å². The first-order chi connectivity index (χ1) is 9.83. The van der Waals surface area contributed by atoms with Crippen LogP contribution >= 0.6 is 0 Å². The molecule has 1 aliphatic carbocycles. The molecule has 3 heterocycles. The zero-order valence-electron chi connectivity index (χ0n) is 11.7. The molecular weight excluding hydrogens is 254 g/mol. The SMILES string of the molecule is O=c1c(N2CC(N3CCNCC3)C2)nccn1C1CC1. The van der Waals surface area contributed by atoms with Crippen molar-refractivity contribution in [1.82, 2.24) is 19.8 Å². The Hall–Kier alpha value is -1.40. The van der Waals surface area contributed by atoms with Crippen LogP contribution in [0.3, 0.4) is 0 Å². The highest BCUT2D eigenvalue weighted by Crippen LogP contribution is 2.33. The van der Waals surface area contributed by atoms with Crippen LogP contribution in [0.15, 0.2) is 17.2 Å². The third kappa shape index (κ3) is 2.13. The standard InChI is InChI=1S/C14H21N5O/c20-14-13(16-5-8-19(14)11-1-2-11)18-9-12(10-18)17-6-3-15-4-7-17/h5,8,11-12,15H,1-4,6-7,9-10H2. The number of piperazine rings is 1. The van der Waals surface area contributed by atoms with Gasteiger partial charge in [-0.25, -0.2) is 4.98 Å². The number of nitrogens with one attached hydrogen (secondary N) is 1. The molecule has 0 spiro atoms. The minimum Gasteiger partial charge on any atom is -0.349 e. The smallest absolute Gasteiger partial charge is 0.293 e. The molecule has 0 aromatic carbocycles. The minimum atomic E-state index is 0.0914. The lowest BCUT2D eigenvalue weighted by atomic mass is 10.1. The quantitative estimate of drug-likeness (QED) is 0.819. The normalized spacial score (nSPS) is 24.7. The first kappa shape index (κ1) is 12.3. The molecule has 1 saturated carbocycles. The molecule has 1 N–H and O–H groups in total. The molecule has 4 rings (SSSR count). The Morgan fingerprint density at radius 3 is 2.60 bits per heavy atom. The maximum Gasteiger partial charge on any atom is 0.293 e. The van der Waals surface area contributed by atoms with E-state index < -0.39 is 0 Å². The summed E-state index contributed by atoms with van der Waals surface area (Å²) in [6, 6.07) is 1.02. The van der Waals surface area contributed by atoms with E-state index in [2.05, 4.69) is 20.1 Å². The fourth-order valence-electron chi connectivity index (χ4n) is 3.18. The summed E-state index contributed by atoms with van der Waals surface area (Å²) >= 11 is 0. The summed E-state index contributed by atoms with van der Waals surface area (Å²) in [5.74, 6) is 0.644. The van der Waals surface area contributed by atoms with Crippen molar-refractivity contribution < 1.29 is 0 Å². The highest BCUT2D eigenvalue weighted by Gasteiger charge is 2.35. The maximum absolute atomic E-state index is 12.4. The Kier molecular flexibility index (Phi) is 3.00. The topological polar surface area (TPSA) is 53.4 Å². The number of aromatic nitrogens is 2. The van der Waals surface area contributed by atoms with E-state index in [1.54, 1.807) is 6.20 Å². The molecule has 20 heavy (non-hydrogen) atoms. The zero-order valence-corrected chi connectivity index (χ0v) is 11.7. The molecule has 6 nitrogen and oxygen atoms in total. The summed E-state index contributed by atoms with van der Waals surface area (Å²) in [5.41, 5.74) is 0.0914. The Bertz CT molecular complexity index is 541. The summed E-state index contributed by atoms with van der Waals surface area (Å²) in [4.78, 5) is 21.4. The molecule has 2 saturated heterocycles. The second-order valence-electron chi connectivity index (χ2n) is 6.04. The molecule has 0 bridgehead atoms. The van der Waals surface area contributed by atoms with Crippen molar-refractivity contribution in [1.29, 1.82) is 0 Å². The first-order valence-corrected chi connectivity index (χ1v) is 7.60. The van der Waals surface area contributed by atoms with Crippen molar-refractivity contribution in [2.75, 3.05) is 44.2 Å². The predicted octanol–water partition coefficient (Wildman–Crippen LogP) is -0.328. The number of hydrogen-bond acceptors (Lipinski definition) is 5. The largest absolute Gasteiger partial charge is 0.349 e. The lowest BCUT2D eigenvalue weighted by molar-refractivity contribution is 0.147. The van der Waals surface area contributed by atoms with Crippen molar-refractivity contribution in [2.24, 2.45) is 0 Å². The van der Waals surface area contributed by atoms with E-state index in [1.807, 2.05) is 10.8 Å². The predicted molar refractivity (Wildman–Crippen MR) is 77.2 cm³/mol. The van der Waals surface area contributed by atoms with Crippen LogP contribution in [0.1, 0.15) is 18.9 Å². The number of nitrogens with zero attached hydrogens (tertiary/aromatic N) is 4. The van der Waals surface area contributed by atoms with Gasteiger partial charge < -0.3 is 14.8 Å². The van der Waals surface area contributed by atoms with Gasteiger partial charge in [0.25, 0.3) is 5.56 Å². The Morgan fingerprint density at radius 2 is 1.90 bits per heavy atom. The summed E-state index contributed by atoms with van der Waals surface area (Å²) in [5, 5.41) is 3.38. The van der Waals surface area contributed by atoms with Gasteiger partial charge in [0, 0.05) is 63.7 Å². The van der Waals surface area contributed by atoms with Crippen LogP contribution in [-0.2, 0) is 0 Å². The van der Waals surface area contributed by atoms with Gasteiger partial charge in [0.05, 0.1) is 0 Å². The van der Waals surface area contributed by atoms with Crippen LogP contribution in [0, 0.1) is 0 Å². The van der Waals surface area contributed by atoms with Crippen LogP contribution in [0.4, 0.5) is 5.82 Å². The Balaban J connectivity index is 1.45. The molecule has 1 aromatic heterocycles. The van der Waals surface area contributed by atoms with Gasteiger partial charge in [-0.3, -0.25) is 9.69 Å². The van der Waals surface area contributed by atoms with Crippen LogP contribution in [0.25, 0.3) is 0 Å². The summed E-state index contributed by atoms with van der Waals surface area (Å²) in [7, 11) is 0. The summed E-state index contributed by atoms with van der Waals surface area (Å²) in [6.45, 7) is 6.27. The van der Waals surface area contributed by atoms with E-state index in [0.717, 1.165) is 52.1 Å². The van der Waals surface area contributed by atoms with E-state index in [9.17, 15) is 4.79 Å². The van der Waals surface area contributed by atoms with Crippen molar-refractivity contribution in [3.05, 3.63) is 22.7 Å². The monoisotopic (exact) mass is 275 g/mol. The van der Waals surface area contributed by atoms with Gasteiger partial charge in [-0.1, -0.05) is 0 Å². The van der Waals surface area contributed by atoms with Gasteiger partial charge >= 0.3 is 0 Å². The number of hydrogen-bond donors (Lipinski definition) is 1. The van der Waals surface area contributed by atoms with E-state index >= 15 is 0 Å². The van der Waals surface area contributed by atoms with E-state index in [-0.39, 0.29) is 5.56 Å². The molecule has 2 aliphatic heterocycles. The third-order valence-corrected chi connectivity index (χ3v) is 4.62. The zero-order chi connectivity index (χ0) is 13.5. The van der Waals surface area contributed by atoms with Crippen LogP contribution in [0.2, 0.25) is 0 Å². The average molecular weight is 275 g/mol. The fraction of sp³-hybridized carbons (Fsp3) is 0.714. The lowest BCUT2D eigenvalue weighted by Gasteiger charge is -2.47. The van der Waals surface area contributed by atoms with Crippen molar-refractivity contribution in [3.63, 3.8) is 0 Å². The molecular formula is C14H21N5O. The summed E-state index contributed by atoms with van der Waals surface area (Å²) < 4.78 is 1.86. The van der Waals surface area contributed by atoms with Crippen LogP contribution in [0.5, 0.6) is 0 Å². The molecule has 1 aromatic rings. The lowest BCUT2D eigenvalue weighted by Crippen LogP contribution is -2.63. The Morgan fingerprint density at radius 1 is 1.15 bits per heavy atom. The molecule has 0 atom stereocenters. The van der Waals surface area contributed by atoms with E-state index in [1.165, 1.54) is 0 Å². The molecule has 0 radical (unpaired) electrons. The van der Waals surface area contributed by atoms with Gasteiger partial charge in [0.1, 0.15) is 0 Å². The van der Waals surface area contributed by atoms with Crippen molar-refractivity contribution in [3.8, 4) is 0 Å². The molecule has 108 valence electrons. The fourth-order valence-corrected chi connectivity index (χ4v) is 3.18. The maximum atomic E-state index is 12.4. The minimum absolute atomic E-state index is 0.0914. The second-order valence-corrected chi connectivity index (χ2v) is 6.04. The van der Waals surface area contributed by atoms with Gasteiger partial charge in [-0.05, 0) is 12.8 Å². The Labute approximate surface area is 118 Å². The number of anilines is 1. The van der Waals surface area contributed by atoms with Gasteiger partial charge in [-0.15, -0.1) is 0 Å². The van der Waals surface area contributed by atoms with Gasteiger partial charge in [-0.2, -0.15) is 0 Å². The highest BCUT2D eigenvalue weighted by atomic mass is 16.1. The molecule has 0 unspecified atom stereocenters. The van der Waals surface area contributed by atoms with Crippen molar-refractivity contribution >= 4 is 5.82 Å². The van der Waals surface area contributed by atoms with Gasteiger partial charge in [0.2, 0.25) is 0 Å². The van der Waals surface area contributed by atoms with E-state index in [4.69, 9.17) is 0 Å². The molecule has 3 aliphatic rings. The van der Waals surface area contributed by atoms with Crippen LogP contribution in [-0.4, -0.2) is 59.8 Å². The van der Waals surface area contributed by atoms with Crippen molar-refractivity contribution in [2.45, 2.75) is 24.9 Å². The molecule has 0 amide bonds. The third-order valence-electron chi connectivity index (χ3n) is 4.62. The number of rotatable bonds is 3. The van der Waals surface area contributed by atoms with Crippen LogP contribution < -0.4 is 15.8 Å². The van der Waals surface area contributed by atoms with Gasteiger partial charge in [0.15, 0.2) is 5.82 Å². The second kappa shape index (κ2) is 4.86. The molecule has 6 heteroatoms. The summed E-state index contributed by atoms with van der Waals surface area (Å²) in [6.07, 6.45) is 5.86. The molecule has 3 fully saturated rings. The highest BCUT2D eigenvalue weighted by molar-refractivity contribution is 5.40.